The van der Waals surface area contributed by atoms with E-state index in [1.54, 1.807) is 4.57 Å². The average molecular weight is 382 g/mol. The number of carbonyl (C=O) groups is 1. The first kappa shape index (κ1) is 18.8. The topological polar surface area (TPSA) is 66.0 Å². The summed E-state index contributed by atoms with van der Waals surface area (Å²) in [5.74, 6) is 0.544. The molecule has 0 bridgehead atoms. The van der Waals surface area contributed by atoms with Gasteiger partial charge < -0.3 is 10.2 Å². The zero-order valence-corrected chi connectivity index (χ0v) is 16.5. The second-order valence-electron chi connectivity index (χ2n) is 6.64. The van der Waals surface area contributed by atoms with Crippen LogP contribution in [-0.4, -0.2) is 34.8 Å². The van der Waals surface area contributed by atoms with Gasteiger partial charge in [0.05, 0.1) is 0 Å². The molecule has 0 saturated carbocycles. The summed E-state index contributed by atoms with van der Waals surface area (Å²) in [5, 5.41) is 9.99. The van der Waals surface area contributed by atoms with E-state index in [1.165, 1.54) is 0 Å². The molecule has 2 aromatic carbocycles. The molecule has 3 aromatic rings. The second kappa shape index (κ2) is 8.18. The highest BCUT2D eigenvalue weighted by molar-refractivity contribution is 7.71. The van der Waals surface area contributed by atoms with Crippen LogP contribution in [0.5, 0.6) is 0 Å². The highest BCUT2D eigenvalue weighted by Gasteiger charge is 2.12. The molecule has 1 aromatic heterocycles. The number of rotatable bonds is 6. The first-order chi connectivity index (χ1) is 12.9. The zero-order valence-electron chi connectivity index (χ0n) is 15.7. The normalized spacial score (nSPS) is 10.6. The van der Waals surface area contributed by atoms with Crippen LogP contribution in [0.3, 0.4) is 0 Å². The number of carbonyl (C=O) groups excluding carboxylic acids is 1. The maximum absolute atomic E-state index is 12.4. The van der Waals surface area contributed by atoms with Crippen LogP contribution >= 0.6 is 12.2 Å². The van der Waals surface area contributed by atoms with Crippen LogP contribution in [-0.2, 0) is 17.9 Å². The second-order valence-corrected chi connectivity index (χ2v) is 7.03. The van der Waals surface area contributed by atoms with Crippen LogP contribution in [0.4, 0.5) is 5.69 Å². The lowest BCUT2D eigenvalue weighted by Crippen LogP contribution is -2.27. The Morgan fingerprint density at radius 1 is 1.15 bits per heavy atom. The van der Waals surface area contributed by atoms with Crippen molar-refractivity contribution in [3.8, 4) is 11.4 Å². The van der Waals surface area contributed by atoms with Crippen molar-refractivity contribution in [1.82, 2.24) is 20.1 Å². The number of benzene rings is 2. The van der Waals surface area contributed by atoms with Gasteiger partial charge in [0.15, 0.2) is 10.6 Å². The largest absolute Gasteiger partial charge is 0.378 e. The van der Waals surface area contributed by atoms with E-state index in [-0.39, 0.29) is 12.5 Å². The lowest BCUT2D eigenvalue weighted by Gasteiger charge is -2.13. The number of anilines is 1. The molecule has 27 heavy (non-hydrogen) atoms. The Labute approximate surface area is 163 Å². The minimum Gasteiger partial charge on any atom is -0.378 e. The third kappa shape index (κ3) is 4.62. The number of aryl methyl sites for hydroxylation is 1. The predicted molar refractivity (Wildman–Crippen MR) is 110 cm³/mol. The first-order valence-corrected chi connectivity index (χ1v) is 9.10. The van der Waals surface area contributed by atoms with Gasteiger partial charge in [-0.3, -0.25) is 14.5 Å². The fraction of sp³-hybridized carbons (Fsp3) is 0.250. The number of nitrogens with zero attached hydrogens (tertiary/aromatic N) is 3. The van der Waals surface area contributed by atoms with Gasteiger partial charge in [-0.25, -0.2) is 0 Å². The van der Waals surface area contributed by atoms with E-state index in [1.807, 2.05) is 74.4 Å². The van der Waals surface area contributed by atoms with Crippen LogP contribution < -0.4 is 10.2 Å². The fourth-order valence-corrected chi connectivity index (χ4v) is 2.90. The van der Waals surface area contributed by atoms with Crippen molar-refractivity contribution in [3.05, 3.63) is 64.4 Å². The van der Waals surface area contributed by atoms with E-state index < -0.39 is 0 Å². The number of hydrogen-bond donors (Lipinski definition) is 2. The molecule has 0 unspecified atom stereocenters. The van der Waals surface area contributed by atoms with Gasteiger partial charge in [-0.15, -0.1) is 0 Å². The zero-order chi connectivity index (χ0) is 19.4. The molecule has 0 aliphatic heterocycles. The summed E-state index contributed by atoms with van der Waals surface area (Å²) in [5.41, 5.74) is 4.25. The lowest BCUT2D eigenvalue weighted by atomic mass is 10.1. The van der Waals surface area contributed by atoms with Crippen LogP contribution in [0.15, 0.2) is 48.5 Å². The van der Waals surface area contributed by atoms with Gasteiger partial charge in [0.1, 0.15) is 6.54 Å². The molecule has 0 fully saturated rings. The van der Waals surface area contributed by atoms with E-state index in [2.05, 4.69) is 15.5 Å². The van der Waals surface area contributed by atoms with Crippen molar-refractivity contribution >= 4 is 23.8 Å². The van der Waals surface area contributed by atoms with Gasteiger partial charge in [-0.1, -0.05) is 42.0 Å². The SMILES string of the molecule is Cc1ccc(-c2n[nH]c(=S)n2CC(=O)NCc2ccc(N(C)C)cc2)cc1. The molecule has 2 N–H and O–H groups in total. The summed E-state index contributed by atoms with van der Waals surface area (Å²) in [7, 11) is 3.99. The number of aromatic amines is 1. The molecular formula is C20H23N5OS. The molecule has 0 aliphatic carbocycles. The molecule has 3 rings (SSSR count). The Balaban J connectivity index is 1.67. The lowest BCUT2D eigenvalue weighted by molar-refractivity contribution is -0.121. The van der Waals surface area contributed by atoms with Gasteiger partial charge in [0.2, 0.25) is 5.91 Å². The third-order valence-corrected chi connectivity index (χ3v) is 4.62. The molecule has 0 atom stereocenters. The maximum Gasteiger partial charge on any atom is 0.240 e. The molecule has 140 valence electrons. The van der Waals surface area contributed by atoms with Crippen molar-refractivity contribution in [2.24, 2.45) is 0 Å². The number of nitrogens with one attached hydrogen (secondary N) is 2. The molecule has 0 saturated heterocycles. The molecule has 0 radical (unpaired) electrons. The highest BCUT2D eigenvalue weighted by atomic mass is 32.1. The Morgan fingerprint density at radius 3 is 2.44 bits per heavy atom. The first-order valence-electron chi connectivity index (χ1n) is 8.69. The summed E-state index contributed by atoms with van der Waals surface area (Å²) in [6.07, 6.45) is 0. The third-order valence-electron chi connectivity index (χ3n) is 4.31. The fourth-order valence-electron chi connectivity index (χ4n) is 2.70. The van der Waals surface area contributed by atoms with E-state index in [9.17, 15) is 4.79 Å². The van der Waals surface area contributed by atoms with E-state index >= 15 is 0 Å². The minimum atomic E-state index is -0.113. The predicted octanol–water partition coefficient (Wildman–Crippen LogP) is 3.30. The van der Waals surface area contributed by atoms with E-state index in [4.69, 9.17) is 12.2 Å². The highest BCUT2D eigenvalue weighted by Crippen LogP contribution is 2.18. The van der Waals surface area contributed by atoms with Crippen LogP contribution in [0.25, 0.3) is 11.4 Å². The Morgan fingerprint density at radius 2 is 1.81 bits per heavy atom. The van der Waals surface area contributed by atoms with Crippen molar-refractivity contribution in [2.75, 3.05) is 19.0 Å². The number of H-pyrrole nitrogens is 1. The Bertz CT molecular complexity index is 971. The number of amides is 1. The molecule has 6 nitrogen and oxygen atoms in total. The average Bonchev–Trinajstić information content (AvgIpc) is 3.01. The summed E-state index contributed by atoms with van der Waals surface area (Å²) in [6, 6.07) is 16.0. The summed E-state index contributed by atoms with van der Waals surface area (Å²) in [4.78, 5) is 14.5. The van der Waals surface area contributed by atoms with Gasteiger partial charge in [-0.05, 0) is 36.8 Å². The Hall–Kier alpha value is -2.93. The van der Waals surface area contributed by atoms with Crippen LogP contribution in [0.1, 0.15) is 11.1 Å². The standard InChI is InChI=1S/C20H23N5OS/c1-14-4-8-16(9-5-14)19-22-23-20(27)25(19)13-18(26)21-12-15-6-10-17(11-7-15)24(2)3/h4-11H,12-13H2,1-3H3,(H,21,26)(H,23,27). The van der Waals surface area contributed by atoms with Crippen LogP contribution in [0.2, 0.25) is 0 Å². The number of hydrogen-bond acceptors (Lipinski definition) is 4. The maximum atomic E-state index is 12.4. The van der Waals surface area contributed by atoms with E-state index in [0.717, 1.165) is 22.4 Å². The monoisotopic (exact) mass is 381 g/mol. The summed E-state index contributed by atoms with van der Waals surface area (Å²) >= 11 is 5.29. The van der Waals surface area contributed by atoms with Crippen molar-refractivity contribution in [1.29, 1.82) is 0 Å². The van der Waals surface area contributed by atoms with Gasteiger partial charge in [0.25, 0.3) is 0 Å². The smallest absolute Gasteiger partial charge is 0.240 e. The van der Waals surface area contributed by atoms with Gasteiger partial charge in [-0.2, -0.15) is 5.10 Å². The van der Waals surface area contributed by atoms with Crippen molar-refractivity contribution < 1.29 is 4.79 Å². The molecule has 7 heteroatoms. The van der Waals surface area contributed by atoms with Crippen molar-refractivity contribution in [3.63, 3.8) is 0 Å². The van der Waals surface area contributed by atoms with Crippen LogP contribution in [0, 0.1) is 11.7 Å². The molecule has 0 aliphatic rings. The molecule has 0 spiro atoms. The minimum absolute atomic E-state index is 0.113. The number of aromatic nitrogens is 3. The van der Waals surface area contributed by atoms with Gasteiger partial charge >= 0.3 is 0 Å². The molecule has 1 amide bonds. The summed E-state index contributed by atoms with van der Waals surface area (Å²) in [6.45, 7) is 2.62. The van der Waals surface area contributed by atoms with Crippen molar-refractivity contribution in [2.45, 2.75) is 20.0 Å². The summed E-state index contributed by atoms with van der Waals surface area (Å²) < 4.78 is 2.14. The quantitative estimate of drug-likeness (QED) is 0.643. The Kier molecular flexibility index (Phi) is 5.71. The molecular weight excluding hydrogens is 358 g/mol. The molecule has 1 heterocycles. The van der Waals surface area contributed by atoms with Gasteiger partial charge in [0, 0.05) is 31.9 Å². The van der Waals surface area contributed by atoms with E-state index in [0.29, 0.717) is 17.1 Å².